The number of nitrogens with one attached hydrogen (secondary N) is 1. The fourth-order valence-electron chi connectivity index (χ4n) is 3.63. The third-order valence-electron chi connectivity index (χ3n) is 4.64. The molecule has 0 spiro atoms. The Balaban J connectivity index is 1.83. The van der Waals surface area contributed by atoms with E-state index in [2.05, 4.69) is 28.5 Å². The van der Waals surface area contributed by atoms with Crippen molar-refractivity contribution in [1.29, 1.82) is 0 Å². The Labute approximate surface area is 122 Å². The van der Waals surface area contributed by atoms with Gasteiger partial charge in [-0.2, -0.15) is 0 Å². The molecule has 0 amide bonds. The van der Waals surface area contributed by atoms with E-state index < -0.39 is 5.97 Å². The van der Waals surface area contributed by atoms with Crippen LogP contribution in [0.15, 0.2) is 36.2 Å². The maximum Gasteiger partial charge on any atom is 0.337 e. The molecule has 0 saturated carbocycles. The minimum Gasteiger partial charge on any atom is -0.478 e. The van der Waals surface area contributed by atoms with Gasteiger partial charge in [0.25, 0.3) is 0 Å². The van der Waals surface area contributed by atoms with Gasteiger partial charge < -0.3 is 10.4 Å². The molecule has 0 aromatic carbocycles. The van der Waals surface area contributed by atoms with E-state index in [0.29, 0.717) is 11.8 Å². The van der Waals surface area contributed by atoms with E-state index in [1.165, 1.54) is 17.5 Å². The molecule has 2 heterocycles. The largest absolute Gasteiger partial charge is 0.478 e. The first-order valence-corrected chi connectivity index (χ1v) is 7.30. The molecule has 0 radical (unpaired) electrons. The third kappa shape index (κ3) is 1.90. The zero-order chi connectivity index (χ0) is 14.4. The number of aromatic nitrogens is 1. The van der Waals surface area contributed by atoms with Gasteiger partial charge in [-0.05, 0) is 36.5 Å². The molecule has 2 unspecified atom stereocenters. The fraction of sp³-hybridized carbons (Fsp3) is 0.294. The summed E-state index contributed by atoms with van der Waals surface area (Å²) in [5.74, 6) is 0.0570. The molecule has 0 bridgehead atoms. The van der Waals surface area contributed by atoms with E-state index in [1.807, 2.05) is 6.08 Å². The molecule has 2 atom stereocenters. The van der Waals surface area contributed by atoms with Gasteiger partial charge in [-0.1, -0.05) is 18.2 Å². The summed E-state index contributed by atoms with van der Waals surface area (Å²) in [6, 6.07) is 1.72. The van der Waals surface area contributed by atoms with Crippen LogP contribution in [0.25, 0.3) is 11.6 Å². The number of allylic oxidation sites excluding steroid dienone is 5. The summed E-state index contributed by atoms with van der Waals surface area (Å²) in [6.45, 7) is 1.04. The van der Waals surface area contributed by atoms with Crippen LogP contribution in [0.2, 0.25) is 0 Å². The van der Waals surface area contributed by atoms with Gasteiger partial charge in [0.05, 0.1) is 11.3 Å². The van der Waals surface area contributed by atoms with Gasteiger partial charge in [-0.15, -0.1) is 0 Å². The van der Waals surface area contributed by atoms with E-state index >= 15 is 0 Å². The predicted molar refractivity (Wildman–Crippen MR) is 80.5 cm³/mol. The molecule has 4 nitrogen and oxygen atoms in total. The van der Waals surface area contributed by atoms with Crippen molar-refractivity contribution in [2.45, 2.75) is 12.8 Å². The molecule has 1 aromatic heterocycles. The predicted octanol–water partition coefficient (Wildman–Crippen LogP) is 2.70. The van der Waals surface area contributed by atoms with Crippen LogP contribution < -0.4 is 5.32 Å². The SMILES string of the molecule is O=C(O)c1cnc2c(c1)C=CCC1C2=CC=C2NCCC21. The number of nitrogens with zero attached hydrogens (tertiary/aromatic N) is 1. The van der Waals surface area contributed by atoms with Gasteiger partial charge in [-0.3, -0.25) is 4.98 Å². The average Bonchev–Trinajstić information content (AvgIpc) is 2.88. The van der Waals surface area contributed by atoms with E-state index in [4.69, 9.17) is 5.11 Å². The highest BCUT2D eigenvalue weighted by Gasteiger charge is 2.35. The maximum absolute atomic E-state index is 11.1. The van der Waals surface area contributed by atoms with Crippen LogP contribution in [0.3, 0.4) is 0 Å². The topological polar surface area (TPSA) is 62.2 Å². The lowest BCUT2D eigenvalue weighted by molar-refractivity contribution is 0.0696. The van der Waals surface area contributed by atoms with Crippen LogP contribution >= 0.6 is 0 Å². The van der Waals surface area contributed by atoms with Gasteiger partial charge in [0.2, 0.25) is 0 Å². The molecule has 3 aliphatic rings. The highest BCUT2D eigenvalue weighted by Crippen LogP contribution is 2.44. The highest BCUT2D eigenvalue weighted by molar-refractivity contribution is 5.89. The number of hydrogen-bond donors (Lipinski definition) is 2. The van der Waals surface area contributed by atoms with Crippen molar-refractivity contribution >= 4 is 17.6 Å². The van der Waals surface area contributed by atoms with Crippen LogP contribution in [0.5, 0.6) is 0 Å². The molecular formula is C17H16N2O2. The molecule has 106 valence electrons. The molecule has 4 rings (SSSR count). The van der Waals surface area contributed by atoms with E-state index in [9.17, 15) is 4.79 Å². The van der Waals surface area contributed by atoms with E-state index in [1.54, 1.807) is 6.07 Å². The van der Waals surface area contributed by atoms with Gasteiger partial charge >= 0.3 is 5.97 Å². The Morgan fingerprint density at radius 1 is 1.33 bits per heavy atom. The number of rotatable bonds is 1. The molecule has 1 saturated heterocycles. The van der Waals surface area contributed by atoms with Crippen molar-refractivity contribution in [1.82, 2.24) is 10.3 Å². The third-order valence-corrected chi connectivity index (χ3v) is 4.64. The summed E-state index contributed by atoms with van der Waals surface area (Å²) in [5, 5.41) is 12.6. The Hall–Kier alpha value is -2.36. The number of hydrogen-bond acceptors (Lipinski definition) is 3. The van der Waals surface area contributed by atoms with Crippen LogP contribution in [-0.2, 0) is 0 Å². The van der Waals surface area contributed by atoms with Crippen molar-refractivity contribution in [3.05, 3.63) is 53.0 Å². The molecule has 1 aliphatic heterocycles. The van der Waals surface area contributed by atoms with Crippen LogP contribution in [0.1, 0.15) is 34.5 Å². The number of carboxylic acids is 1. The van der Waals surface area contributed by atoms with Gasteiger partial charge in [-0.25, -0.2) is 4.79 Å². The monoisotopic (exact) mass is 280 g/mol. The second kappa shape index (κ2) is 4.58. The van der Waals surface area contributed by atoms with E-state index in [0.717, 1.165) is 30.6 Å². The van der Waals surface area contributed by atoms with Crippen LogP contribution in [0, 0.1) is 11.8 Å². The summed E-state index contributed by atoms with van der Waals surface area (Å²) in [6.07, 6.45) is 12.1. The molecule has 2 aliphatic carbocycles. The quantitative estimate of drug-likeness (QED) is 0.830. The van der Waals surface area contributed by atoms with Crippen LogP contribution in [-0.4, -0.2) is 22.6 Å². The lowest BCUT2D eigenvalue weighted by atomic mass is 9.77. The zero-order valence-corrected chi connectivity index (χ0v) is 11.5. The standard InChI is InChI=1S/C17H16N2O2/c20-17(21)11-8-10-2-1-3-12-13-6-7-18-15(13)5-4-14(12)16(10)19-9-11/h1-2,4-5,8-9,12-13,18H,3,6-7H2,(H,20,21). The summed E-state index contributed by atoms with van der Waals surface area (Å²) >= 11 is 0. The first-order chi connectivity index (χ1) is 10.2. The lowest BCUT2D eigenvalue weighted by Gasteiger charge is -2.28. The number of fused-ring (bicyclic) bond motifs is 5. The van der Waals surface area contributed by atoms with Crippen molar-refractivity contribution in [2.75, 3.05) is 6.54 Å². The Kier molecular flexibility index (Phi) is 2.70. The van der Waals surface area contributed by atoms with Crippen molar-refractivity contribution in [2.24, 2.45) is 11.8 Å². The summed E-state index contributed by atoms with van der Waals surface area (Å²) in [4.78, 5) is 15.6. The minimum atomic E-state index is -0.931. The van der Waals surface area contributed by atoms with Crippen molar-refractivity contribution in [3.63, 3.8) is 0 Å². The molecule has 4 heteroatoms. The van der Waals surface area contributed by atoms with Gasteiger partial charge in [0.1, 0.15) is 0 Å². The first kappa shape index (κ1) is 12.4. The van der Waals surface area contributed by atoms with Crippen molar-refractivity contribution in [3.8, 4) is 0 Å². The summed E-state index contributed by atoms with van der Waals surface area (Å²) in [7, 11) is 0. The number of pyridine rings is 1. The smallest absolute Gasteiger partial charge is 0.337 e. The molecule has 21 heavy (non-hydrogen) atoms. The normalized spacial score (nSPS) is 25.7. The number of carbonyl (C=O) groups is 1. The summed E-state index contributed by atoms with van der Waals surface area (Å²) < 4.78 is 0. The Bertz CT molecular complexity index is 716. The maximum atomic E-state index is 11.1. The lowest BCUT2D eigenvalue weighted by Crippen LogP contribution is -2.20. The summed E-state index contributed by atoms with van der Waals surface area (Å²) in [5.41, 5.74) is 4.66. The first-order valence-electron chi connectivity index (χ1n) is 7.30. The van der Waals surface area contributed by atoms with E-state index in [-0.39, 0.29) is 5.56 Å². The number of carboxylic acid groups (broad SMARTS) is 1. The second-order valence-corrected chi connectivity index (χ2v) is 5.78. The Morgan fingerprint density at radius 2 is 2.24 bits per heavy atom. The Morgan fingerprint density at radius 3 is 3.10 bits per heavy atom. The van der Waals surface area contributed by atoms with Gasteiger partial charge in [0.15, 0.2) is 0 Å². The molecular weight excluding hydrogens is 264 g/mol. The molecule has 1 fully saturated rings. The fourth-order valence-corrected chi connectivity index (χ4v) is 3.63. The van der Waals surface area contributed by atoms with Gasteiger partial charge in [0, 0.05) is 29.9 Å². The molecule has 2 N–H and O–H groups in total. The van der Waals surface area contributed by atoms with Crippen LogP contribution in [0.4, 0.5) is 0 Å². The molecule has 1 aromatic rings. The average molecular weight is 280 g/mol. The van der Waals surface area contributed by atoms with Crippen molar-refractivity contribution < 1.29 is 9.90 Å². The zero-order valence-electron chi connectivity index (χ0n) is 11.5. The second-order valence-electron chi connectivity index (χ2n) is 5.78. The number of aromatic carboxylic acids is 1. The minimum absolute atomic E-state index is 0.243. The highest BCUT2D eigenvalue weighted by atomic mass is 16.4.